The first kappa shape index (κ1) is 12.7. The van der Waals surface area contributed by atoms with Crippen LogP contribution >= 0.6 is 0 Å². The van der Waals surface area contributed by atoms with Gasteiger partial charge in [0.15, 0.2) is 5.84 Å². The van der Waals surface area contributed by atoms with Crippen LogP contribution < -0.4 is 0 Å². The maximum absolute atomic E-state index is 9.99. The predicted molar refractivity (Wildman–Crippen MR) is 66.9 cm³/mol. The monoisotopic (exact) mass is 220 g/mol. The van der Waals surface area contributed by atoms with Gasteiger partial charge in [0.1, 0.15) is 0 Å². The highest BCUT2D eigenvalue weighted by Crippen LogP contribution is 2.08. The lowest BCUT2D eigenvalue weighted by Gasteiger charge is -2.23. The molecule has 0 saturated carbocycles. The first-order chi connectivity index (χ1) is 7.52. The quantitative estimate of drug-likeness (QED) is 0.483. The third-order valence-corrected chi connectivity index (χ3v) is 2.12. The second-order valence-electron chi connectivity index (χ2n) is 4.35. The summed E-state index contributed by atoms with van der Waals surface area (Å²) >= 11 is 0. The number of nitrogens with zero attached hydrogens (tertiary/aromatic N) is 2. The zero-order valence-electron chi connectivity index (χ0n) is 10.4. The number of hydroxylamine groups is 2. The van der Waals surface area contributed by atoms with Gasteiger partial charge in [0.2, 0.25) is 0 Å². The van der Waals surface area contributed by atoms with Crippen molar-refractivity contribution in [3.8, 4) is 0 Å². The number of benzene rings is 1. The topological polar surface area (TPSA) is 35.8 Å². The molecule has 88 valence electrons. The summed E-state index contributed by atoms with van der Waals surface area (Å²) in [5.41, 5.74) is 0.937. The number of hydrogen-bond donors (Lipinski definition) is 1. The van der Waals surface area contributed by atoms with Crippen LogP contribution in [0.3, 0.4) is 0 Å². The molecule has 0 fully saturated rings. The van der Waals surface area contributed by atoms with E-state index in [-0.39, 0.29) is 12.1 Å². The van der Waals surface area contributed by atoms with E-state index in [0.29, 0.717) is 5.84 Å². The molecule has 3 nitrogen and oxygen atoms in total. The minimum Gasteiger partial charge on any atom is -0.287 e. The van der Waals surface area contributed by atoms with Gasteiger partial charge in [-0.25, -0.2) is 5.06 Å². The highest BCUT2D eigenvalue weighted by Gasteiger charge is 2.14. The largest absolute Gasteiger partial charge is 0.287 e. The predicted octanol–water partition coefficient (Wildman–Crippen LogP) is 2.94. The van der Waals surface area contributed by atoms with E-state index in [0.717, 1.165) is 5.56 Å². The molecule has 3 heteroatoms. The van der Waals surface area contributed by atoms with Crippen LogP contribution in [0.1, 0.15) is 33.3 Å². The molecule has 1 aromatic carbocycles. The van der Waals surface area contributed by atoms with E-state index in [1.807, 2.05) is 58.0 Å². The van der Waals surface area contributed by atoms with Gasteiger partial charge in [-0.3, -0.25) is 10.2 Å². The van der Waals surface area contributed by atoms with E-state index in [9.17, 15) is 5.21 Å². The van der Waals surface area contributed by atoms with Crippen LogP contribution in [0.25, 0.3) is 0 Å². The Balaban J connectivity index is 3.07. The minimum atomic E-state index is 0.0118. The van der Waals surface area contributed by atoms with E-state index in [1.54, 1.807) is 0 Å². The Morgan fingerprint density at radius 1 is 1.12 bits per heavy atom. The molecule has 0 atom stereocenters. The van der Waals surface area contributed by atoms with Crippen LogP contribution in [-0.4, -0.2) is 28.2 Å². The lowest BCUT2D eigenvalue weighted by molar-refractivity contribution is -0.0416. The van der Waals surface area contributed by atoms with Crippen molar-refractivity contribution >= 4 is 5.84 Å². The molecular formula is C13H20N2O. The van der Waals surface area contributed by atoms with Gasteiger partial charge < -0.3 is 0 Å². The zero-order valence-corrected chi connectivity index (χ0v) is 10.4. The van der Waals surface area contributed by atoms with E-state index in [2.05, 4.69) is 4.99 Å². The number of aliphatic imine (C=N–C) groups is 1. The lowest BCUT2D eigenvalue weighted by Crippen LogP contribution is -2.35. The maximum atomic E-state index is 9.99. The van der Waals surface area contributed by atoms with Crippen LogP contribution in [0, 0.1) is 0 Å². The van der Waals surface area contributed by atoms with Gasteiger partial charge in [0.25, 0.3) is 0 Å². The standard InChI is InChI=1S/C13H20N2O/c1-10(2)14-13(15(16)11(3)4)12-8-6-5-7-9-12/h5-11,16H,1-4H3/b14-13+. The van der Waals surface area contributed by atoms with Crippen LogP contribution in [0.2, 0.25) is 0 Å². The summed E-state index contributed by atoms with van der Waals surface area (Å²) in [4.78, 5) is 4.46. The van der Waals surface area contributed by atoms with Gasteiger partial charge in [-0.1, -0.05) is 30.3 Å². The number of amidine groups is 1. The zero-order chi connectivity index (χ0) is 12.1. The first-order valence-corrected chi connectivity index (χ1v) is 5.63. The van der Waals surface area contributed by atoms with E-state index in [4.69, 9.17) is 0 Å². The Kier molecular flexibility index (Phi) is 4.50. The van der Waals surface area contributed by atoms with Gasteiger partial charge in [-0.05, 0) is 27.7 Å². The van der Waals surface area contributed by atoms with Crippen molar-refractivity contribution in [1.29, 1.82) is 0 Å². The highest BCUT2D eigenvalue weighted by atomic mass is 16.5. The Morgan fingerprint density at radius 2 is 1.69 bits per heavy atom. The molecule has 0 aliphatic heterocycles. The van der Waals surface area contributed by atoms with Crippen LogP contribution in [0.4, 0.5) is 0 Å². The number of hydrogen-bond acceptors (Lipinski definition) is 2. The molecule has 0 aliphatic rings. The summed E-state index contributed by atoms with van der Waals surface area (Å²) in [7, 11) is 0. The molecule has 0 amide bonds. The van der Waals surface area contributed by atoms with Crippen LogP contribution in [0.5, 0.6) is 0 Å². The third kappa shape index (κ3) is 3.35. The molecule has 1 N–H and O–H groups in total. The smallest absolute Gasteiger partial charge is 0.155 e. The third-order valence-electron chi connectivity index (χ3n) is 2.12. The molecule has 1 aromatic rings. The molecule has 0 heterocycles. The lowest BCUT2D eigenvalue weighted by atomic mass is 10.2. The van der Waals surface area contributed by atoms with Gasteiger partial charge in [-0.2, -0.15) is 0 Å². The van der Waals surface area contributed by atoms with Crippen molar-refractivity contribution in [2.75, 3.05) is 0 Å². The molecule has 0 bridgehead atoms. The first-order valence-electron chi connectivity index (χ1n) is 5.63. The molecule has 1 rings (SSSR count). The highest BCUT2D eigenvalue weighted by molar-refractivity contribution is 5.98. The van der Waals surface area contributed by atoms with Crippen LogP contribution in [0.15, 0.2) is 35.3 Å². The Bertz CT molecular complexity index is 344. The fourth-order valence-electron chi connectivity index (χ4n) is 1.34. The molecule has 0 aromatic heterocycles. The average molecular weight is 220 g/mol. The van der Waals surface area contributed by atoms with Gasteiger partial charge in [0, 0.05) is 11.6 Å². The van der Waals surface area contributed by atoms with Crippen LogP contribution in [-0.2, 0) is 0 Å². The SMILES string of the molecule is CC(C)/N=C(\c1ccccc1)N(O)C(C)C. The van der Waals surface area contributed by atoms with E-state index < -0.39 is 0 Å². The van der Waals surface area contributed by atoms with Crippen molar-refractivity contribution in [3.63, 3.8) is 0 Å². The van der Waals surface area contributed by atoms with Crippen molar-refractivity contribution in [3.05, 3.63) is 35.9 Å². The Morgan fingerprint density at radius 3 is 2.12 bits per heavy atom. The number of rotatable bonds is 3. The second kappa shape index (κ2) is 5.66. The molecule has 0 unspecified atom stereocenters. The Hall–Kier alpha value is -1.35. The molecule has 0 aliphatic carbocycles. The Labute approximate surface area is 97.4 Å². The van der Waals surface area contributed by atoms with Gasteiger partial charge in [0.05, 0.1) is 6.04 Å². The summed E-state index contributed by atoms with van der Waals surface area (Å²) in [6.07, 6.45) is 0. The minimum absolute atomic E-state index is 0.0118. The van der Waals surface area contributed by atoms with Crippen molar-refractivity contribution in [1.82, 2.24) is 5.06 Å². The summed E-state index contributed by atoms with van der Waals surface area (Å²) in [6, 6.07) is 9.91. The van der Waals surface area contributed by atoms with Crippen molar-refractivity contribution < 1.29 is 5.21 Å². The average Bonchev–Trinajstić information content (AvgIpc) is 2.26. The fraction of sp³-hybridized carbons (Fsp3) is 0.462. The van der Waals surface area contributed by atoms with E-state index in [1.165, 1.54) is 5.06 Å². The van der Waals surface area contributed by atoms with Crippen molar-refractivity contribution in [2.45, 2.75) is 39.8 Å². The summed E-state index contributed by atoms with van der Waals surface area (Å²) in [5, 5.41) is 11.2. The van der Waals surface area contributed by atoms with E-state index >= 15 is 0 Å². The normalized spacial score (nSPS) is 12.3. The summed E-state index contributed by atoms with van der Waals surface area (Å²) in [6.45, 7) is 7.85. The van der Waals surface area contributed by atoms with Crippen molar-refractivity contribution in [2.24, 2.45) is 4.99 Å². The molecule has 0 saturated heterocycles. The fourth-order valence-corrected chi connectivity index (χ4v) is 1.34. The second-order valence-corrected chi connectivity index (χ2v) is 4.35. The molecular weight excluding hydrogens is 200 g/mol. The van der Waals surface area contributed by atoms with Gasteiger partial charge >= 0.3 is 0 Å². The maximum Gasteiger partial charge on any atom is 0.155 e. The molecule has 16 heavy (non-hydrogen) atoms. The summed E-state index contributed by atoms with van der Waals surface area (Å²) in [5.74, 6) is 0.630. The summed E-state index contributed by atoms with van der Waals surface area (Å²) < 4.78 is 0. The molecule has 0 radical (unpaired) electrons. The van der Waals surface area contributed by atoms with Gasteiger partial charge in [-0.15, -0.1) is 0 Å². The molecule has 0 spiro atoms.